The van der Waals surface area contributed by atoms with Crippen molar-refractivity contribution in [2.45, 2.75) is 45.0 Å². The average molecular weight is 432 g/mol. The molecule has 1 aromatic heterocycles. The first-order chi connectivity index (χ1) is 13.6. The van der Waals surface area contributed by atoms with Crippen LogP contribution in [-0.4, -0.2) is 52.7 Å². The molecule has 1 aliphatic heterocycles. The molecule has 0 bridgehead atoms. The molecule has 0 radical (unpaired) electrons. The summed E-state index contributed by atoms with van der Waals surface area (Å²) in [6, 6.07) is 0. The molecule has 2 heterocycles. The summed E-state index contributed by atoms with van der Waals surface area (Å²) in [4.78, 5) is 46.0. The van der Waals surface area contributed by atoms with Gasteiger partial charge in [0.05, 0.1) is 19.3 Å². The Hall–Kier alpha value is -1.81. The number of rotatable bonds is 8. The summed E-state index contributed by atoms with van der Waals surface area (Å²) in [5.74, 6) is 5.08. The topological polar surface area (TPSA) is 178 Å². The summed E-state index contributed by atoms with van der Waals surface area (Å²) in [6.07, 6.45) is -1.85. The maximum atomic E-state index is 12.2. The van der Waals surface area contributed by atoms with Crippen LogP contribution in [0.1, 0.15) is 32.1 Å². The Morgan fingerprint density at radius 1 is 1.55 bits per heavy atom. The van der Waals surface area contributed by atoms with Crippen molar-refractivity contribution < 1.29 is 33.1 Å². The highest BCUT2D eigenvalue weighted by Gasteiger charge is 2.39. The summed E-state index contributed by atoms with van der Waals surface area (Å²) in [6.45, 7) is 3.30. The number of nitrogens with two attached hydrogens (primary N) is 1. The molecule has 29 heavy (non-hydrogen) atoms. The van der Waals surface area contributed by atoms with Crippen LogP contribution in [0, 0.1) is 11.8 Å². The van der Waals surface area contributed by atoms with Crippen molar-refractivity contribution >= 4 is 7.82 Å². The Bertz CT molecular complexity index is 913. The van der Waals surface area contributed by atoms with E-state index in [9.17, 15) is 19.0 Å². The van der Waals surface area contributed by atoms with Crippen molar-refractivity contribution in [3.8, 4) is 11.8 Å². The molecular weight excluding hydrogens is 409 g/mol. The second-order valence-corrected chi connectivity index (χ2v) is 7.24. The third-order valence-corrected chi connectivity index (χ3v) is 4.43. The van der Waals surface area contributed by atoms with Crippen LogP contribution < -0.4 is 21.9 Å². The van der Waals surface area contributed by atoms with Gasteiger partial charge in [0.15, 0.2) is 6.29 Å². The number of aromatic amines is 1. The minimum atomic E-state index is -4.98. The molecule has 162 valence electrons. The van der Waals surface area contributed by atoms with E-state index in [4.69, 9.17) is 24.8 Å². The van der Waals surface area contributed by atoms with E-state index in [2.05, 4.69) is 21.3 Å². The lowest BCUT2D eigenvalue weighted by atomic mass is 10.2. The second-order valence-electron chi connectivity index (χ2n) is 6.04. The lowest BCUT2D eigenvalue weighted by Crippen LogP contribution is -2.34. The average Bonchev–Trinajstić information content (AvgIpc) is 3.01. The highest BCUT2D eigenvalue weighted by molar-refractivity contribution is 7.44. The maximum Gasteiger partial charge on any atom is 0.330 e. The molecule has 1 fully saturated rings. The molecular formula is C16H23N3O9P-. The molecule has 0 spiro atoms. The molecule has 1 aromatic rings. The Kier molecular flexibility index (Phi) is 8.33. The Morgan fingerprint density at radius 3 is 2.90 bits per heavy atom. The number of phosphoric ester groups is 1. The molecule has 0 amide bonds. The lowest BCUT2D eigenvalue weighted by Gasteiger charge is -2.24. The van der Waals surface area contributed by atoms with E-state index >= 15 is 0 Å². The molecule has 2 unspecified atom stereocenters. The first kappa shape index (κ1) is 23.5. The zero-order chi connectivity index (χ0) is 21.6. The summed E-state index contributed by atoms with van der Waals surface area (Å²) >= 11 is 0. The number of ether oxygens (including phenoxy) is 3. The quantitative estimate of drug-likeness (QED) is 0.246. The minimum absolute atomic E-state index is 0.0120. The monoisotopic (exact) mass is 432 g/mol. The number of phosphoric acid groups is 1. The van der Waals surface area contributed by atoms with Gasteiger partial charge in [0.1, 0.15) is 17.9 Å². The van der Waals surface area contributed by atoms with E-state index in [1.54, 1.807) is 13.8 Å². The van der Waals surface area contributed by atoms with Gasteiger partial charge in [-0.1, -0.05) is 11.8 Å². The van der Waals surface area contributed by atoms with Crippen molar-refractivity contribution in [2.24, 2.45) is 5.73 Å². The number of hydrogen-bond acceptors (Lipinski definition) is 9. The van der Waals surface area contributed by atoms with Crippen LogP contribution in [0.5, 0.6) is 0 Å². The van der Waals surface area contributed by atoms with Crippen LogP contribution in [0.15, 0.2) is 15.8 Å². The van der Waals surface area contributed by atoms with Crippen LogP contribution in [0.2, 0.25) is 0 Å². The number of nitrogens with one attached hydrogen (secondary N) is 1. The molecule has 1 aliphatic rings. The van der Waals surface area contributed by atoms with Gasteiger partial charge in [-0.2, -0.15) is 0 Å². The fourth-order valence-electron chi connectivity index (χ4n) is 2.79. The lowest BCUT2D eigenvalue weighted by molar-refractivity contribution is -0.224. The summed E-state index contributed by atoms with van der Waals surface area (Å²) in [5.41, 5.74) is 3.90. The van der Waals surface area contributed by atoms with Gasteiger partial charge in [-0.05, 0) is 13.8 Å². The largest absolute Gasteiger partial charge is 0.756 e. The molecule has 1 saturated heterocycles. The first-order valence-electron chi connectivity index (χ1n) is 8.79. The Morgan fingerprint density at radius 2 is 2.28 bits per heavy atom. The fraction of sp³-hybridized carbons (Fsp3) is 0.625. The molecule has 0 aliphatic carbocycles. The third-order valence-electron chi connectivity index (χ3n) is 3.95. The van der Waals surface area contributed by atoms with Gasteiger partial charge in [-0.3, -0.25) is 18.9 Å². The van der Waals surface area contributed by atoms with Gasteiger partial charge < -0.3 is 34.3 Å². The number of hydrogen-bond donors (Lipinski definition) is 3. The highest BCUT2D eigenvalue weighted by atomic mass is 31.2. The third kappa shape index (κ3) is 6.88. The zero-order valence-electron chi connectivity index (χ0n) is 15.9. The molecule has 12 nitrogen and oxygen atoms in total. The number of nitrogens with zero attached hydrogens (tertiary/aromatic N) is 1. The van der Waals surface area contributed by atoms with Crippen LogP contribution in [0.4, 0.5) is 0 Å². The van der Waals surface area contributed by atoms with Crippen LogP contribution in [0.3, 0.4) is 0 Å². The van der Waals surface area contributed by atoms with E-state index in [0.717, 1.165) is 4.57 Å². The Balaban J connectivity index is 2.28. The molecule has 4 N–H and O–H groups in total. The summed E-state index contributed by atoms with van der Waals surface area (Å²) < 4.78 is 33.2. The van der Waals surface area contributed by atoms with Gasteiger partial charge >= 0.3 is 5.69 Å². The molecule has 0 saturated carbocycles. The highest BCUT2D eigenvalue weighted by Crippen LogP contribution is 2.35. The SMILES string of the molecule is CCO[C@H](C)OC1C[C@H](n2cc(C#CCN)c(=O)[nH]c2=O)O[C@@H]1COP(=O)([O-])O. The summed E-state index contributed by atoms with van der Waals surface area (Å²) in [7, 11) is -4.98. The normalized spacial score (nSPS) is 24.5. The Labute approximate surface area is 166 Å². The number of aromatic nitrogens is 2. The van der Waals surface area contributed by atoms with Gasteiger partial charge in [0.2, 0.25) is 0 Å². The first-order valence-corrected chi connectivity index (χ1v) is 10.3. The van der Waals surface area contributed by atoms with E-state index in [1.807, 2.05) is 0 Å². The van der Waals surface area contributed by atoms with Crippen LogP contribution in [0.25, 0.3) is 0 Å². The zero-order valence-corrected chi connectivity index (χ0v) is 16.8. The van der Waals surface area contributed by atoms with E-state index in [0.29, 0.717) is 6.61 Å². The van der Waals surface area contributed by atoms with Crippen molar-refractivity contribution in [3.63, 3.8) is 0 Å². The standard InChI is InChI=1S/C16H24N3O9P/c1-3-25-10(2)27-12-7-14(28-13(12)9-26-29(22,23)24)19-8-11(5-4-6-17)15(20)18-16(19)21/h8,10,12-14H,3,6-7,9,17H2,1-2H3,(H,18,20,21)(H2,22,23,24)/p-1/t10-,12?,13+,14+/m0/s1. The second kappa shape index (κ2) is 10.3. The molecule has 5 atom stereocenters. The summed E-state index contributed by atoms with van der Waals surface area (Å²) in [5, 5.41) is 0. The van der Waals surface area contributed by atoms with E-state index in [-0.39, 0.29) is 18.5 Å². The number of H-pyrrole nitrogens is 1. The van der Waals surface area contributed by atoms with Gasteiger partial charge in [0.25, 0.3) is 13.4 Å². The van der Waals surface area contributed by atoms with Crippen LogP contribution in [-0.2, 0) is 23.3 Å². The van der Waals surface area contributed by atoms with E-state index < -0.39 is 50.4 Å². The molecule has 0 aromatic carbocycles. The van der Waals surface area contributed by atoms with Crippen molar-refractivity contribution in [3.05, 3.63) is 32.6 Å². The predicted molar refractivity (Wildman–Crippen MR) is 97.5 cm³/mol. The van der Waals surface area contributed by atoms with Gasteiger partial charge in [0, 0.05) is 19.2 Å². The van der Waals surface area contributed by atoms with Crippen molar-refractivity contribution in [1.82, 2.24) is 9.55 Å². The molecule has 13 heteroatoms. The minimum Gasteiger partial charge on any atom is -0.756 e. The van der Waals surface area contributed by atoms with Crippen molar-refractivity contribution in [2.75, 3.05) is 19.8 Å². The molecule has 2 rings (SSSR count). The van der Waals surface area contributed by atoms with Crippen LogP contribution >= 0.6 is 7.82 Å². The predicted octanol–water partition coefficient (Wildman–Crippen LogP) is -1.62. The van der Waals surface area contributed by atoms with Crippen molar-refractivity contribution in [1.29, 1.82) is 0 Å². The van der Waals surface area contributed by atoms with E-state index in [1.165, 1.54) is 6.20 Å². The fourth-order valence-corrected chi connectivity index (χ4v) is 3.12. The van der Waals surface area contributed by atoms with Gasteiger partial charge in [-0.25, -0.2) is 4.79 Å². The smallest absolute Gasteiger partial charge is 0.330 e. The maximum absolute atomic E-state index is 12.2. The van der Waals surface area contributed by atoms with Gasteiger partial charge in [-0.15, -0.1) is 0 Å².